The zero-order valence-electron chi connectivity index (χ0n) is 18.4. The van der Waals surface area contributed by atoms with E-state index in [2.05, 4.69) is 0 Å². The fourth-order valence-electron chi connectivity index (χ4n) is 4.06. The molecule has 0 bridgehead atoms. The van der Waals surface area contributed by atoms with Gasteiger partial charge < -0.3 is 9.47 Å². The van der Waals surface area contributed by atoms with Gasteiger partial charge >= 0.3 is 5.97 Å². The molecule has 1 aromatic heterocycles. The second kappa shape index (κ2) is 8.31. The first-order chi connectivity index (χ1) is 16.5. The molecule has 0 saturated carbocycles. The maximum absolute atomic E-state index is 14.1. The summed E-state index contributed by atoms with van der Waals surface area (Å²) in [6.45, 7) is 0. The molecule has 0 atom stereocenters. The minimum Gasteiger partial charge on any atom is -0.495 e. The summed E-state index contributed by atoms with van der Waals surface area (Å²) in [5.41, 5.74) is 1.55. The highest BCUT2D eigenvalue weighted by molar-refractivity contribution is 7.90. The Morgan fingerprint density at radius 2 is 1.62 bits per heavy atom. The van der Waals surface area contributed by atoms with Gasteiger partial charge in [0.25, 0.3) is 10.0 Å². The molecular weight excluding hydrogens is 452 g/mol. The summed E-state index contributed by atoms with van der Waals surface area (Å²) >= 11 is 0. The van der Waals surface area contributed by atoms with Crippen LogP contribution in [0.3, 0.4) is 0 Å². The number of fused-ring (bicyclic) bond motifs is 2. The number of carbonyl (C=O) groups excluding carboxylic acids is 1. The molecule has 0 N–H and O–H groups in total. The van der Waals surface area contributed by atoms with Crippen molar-refractivity contribution in [3.05, 3.63) is 90.5 Å². The lowest BCUT2D eigenvalue weighted by atomic mass is 10.0. The molecule has 1 heterocycles. The number of para-hydroxylation sites is 1. The van der Waals surface area contributed by atoms with Crippen molar-refractivity contribution in [3.8, 4) is 17.1 Å². The molecular formula is C26H20N2O5S. The topological polar surface area (TPSA) is 87.5 Å². The molecule has 170 valence electrons. The third-order valence-electron chi connectivity index (χ3n) is 5.65. The first-order valence-electron chi connectivity index (χ1n) is 10.4. The highest BCUT2D eigenvalue weighted by atomic mass is 32.2. The van der Waals surface area contributed by atoms with Crippen molar-refractivity contribution in [2.75, 3.05) is 14.2 Å². The van der Waals surface area contributed by atoms with Crippen molar-refractivity contribution in [2.24, 2.45) is 0 Å². The Morgan fingerprint density at radius 1 is 0.882 bits per heavy atom. The third-order valence-corrected chi connectivity index (χ3v) is 7.40. The number of nitrogens with zero attached hydrogens (tertiary/aromatic N) is 2. The van der Waals surface area contributed by atoms with E-state index >= 15 is 0 Å². The van der Waals surface area contributed by atoms with Crippen LogP contribution in [0.4, 0.5) is 0 Å². The first kappa shape index (κ1) is 21.7. The van der Waals surface area contributed by atoms with E-state index < -0.39 is 16.0 Å². The number of aromatic nitrogens is 2. The Balaban J connectivity index is 1.90. The average molecular weight is 473 g/mol. The summed E-state index contributed by atoms with van der Waals surface area (Å²) in [5.74, 6) is -0.131. The second-order valence-corrected chi connectivity index (χ2v) is 9.33. The molecule has 0 spiro atoms. The number of methoxy groups -OCH3 is 2. The van der Waals surface area contributed by atoms with Gasteiger partial charge in [-0.3, -0.25) is 0 Å². The van der Waals surface area contributed by atoms with Crippen LogP contribution in [0, 0.1) is 0 Å². The molecule has 5 aromatic rings. The van der Waals surface area contributed by atoms with Crippen LogP contribution in [0.2, 0.25) is 0 Å². The number of esters is 1. The molecule has 0 unspecified atom stereocenters. The number of hydrogen-bond acceptors (Lipinski definition) is 6. The minimum atomic E-state index is -4.18. The lowest BCUT2D eigenvalue weighted by molar-refractivity contribution is 0.0601. The van der Waals surface area contributed by atoms with Crippen molar-refractivity contribution in [1.29, 1.82) is 0 Å². The molecule has 0 amide bonds. The molecule has 0 aliphatic heterocycles. The van der Waals surface area contributed by atoms with Crippen molar-refractivity contribution < 1.29 is 22.7 Å². The standard InChI is InChI=1S/C26H20N2O5S/c1-32-23-12-5-6-13-24(23)34(30,31)28-22-16-18(26(29)33-2)14-15-21(22)27-25(28)20-11-7-9-17-8-3-4-10-19(17)20/h3-16H,1-2H3. The fraction of sp³-hybridized carbons (Fsp3) is 0.0769. The number of imidazole rings is 1. The van der Waals surface area contributed by atoms with Crippen molar-refractivity contribution in [2.45, 2.75) is 4.90 Å². The molecule has 4 aromatic carbocycles. The van der Waals surface area contributed by atoms with E-state index in [1.807, 2.05) is 42.5 Å². The quantitative estimate of drug-likeness (QED) is 0.339. The Labute approximate surface area is 196 Å². The van der Waals surface area contributed by atoms with Crippen LogP contribution in [-0.4, -0.2) is 37.6 Å². The van der Waals surface area contributed by atoms with Gasteiger partial charge in [0.1, 0.15) is 10.6 Å². The maximum Gasteiger partial charge on any atom is 0.337 e. The van der Waals surface area contributed by atoms with Crippen LogP contribution in [0.15, 0.2) is 89.8 Å². The molecule has 8 heteroatoms. The molecule has 0 aliphatic carbocycles. The van der Waals surface area contributed by atoms with E-state index in [9.17, 15) is 13.2 Å². The molecule has 0 radical (unpaired) electrons. The number of hydrogen-bond donors (Lipinski definition) is 0. The predicted molar refractivity (Wildman–Crippen MR) is 130 cm³/mol. The summed E-state index contributed by atoms with van der Waals surface area (Å²) in [7, 11) is -1.49. The molecule has 5 rings (SSSR count). The smallest absolute Gasteiger partial charge is 0.337 e. The van der Waals surface area contributed by atoms with Gasteiger partial charge in [0.05, 0.1) is 30.8 Å². The van der Waals surface area contributed by atoms with Gasteiger partial charge in [-0.25, -0.2) is 22.2 Å². The summed E-state index contributed by atoms with van der Waals surface area (Å²) in [4.78, 5) is 16.9. The Kier molecular flexibility index (Phi) is 5.30. The maximum atomic E-state index is 14.1. The van der Waals surface area contributed by atoms with Crippen LogP contribution in [0.5, 0.6) is 5.75 Å². The molecule has 0 aliphatic rings. The van der Waals surface area contributed by atoms with Gasteiger partial charge in [-0.1, -0.05) is 54.6 Å². The highest BCUT2D eigenvalue weighted by Crippen LogP contribution is 2.36. The molecule has 0 saturated heterocycles. The van der Waals surface area contributed by atoms with E-state index in [0.717, 1.165) is 10.8 Å². The van der Waals surface area contributed by atoms with Gasteiger partial charge in [0, 0.05) is 5.56 Å². The summed E-state index contributed by atoms with van der Waals surface area (Å²) in [5, 5.41) is 1.80. The van der Waals surface area contributed by atoms with Crippen LogP contribution in [0.25, 0.3) is 33.2 Å². The fourth-order valence-corrected chi connectivity index (χ4v) is 5.69. The summed E-state index contributed by atoms with van der Waals surface area (Å²) < 4.78 is 39.6. The number of carbonyl (C=O) groups is 1. The van der Waals surface area contributed by atoms with Gasteiger partial charge in [0.15, 0.2) is 5.82 Å². The van der Waals surface area contributed by atoms with Gasteiger partial charge in [0.2, 0.25) is 0 Å². The van der Waals surface area contributed by atoms with Crippen LogP contribution < -0.4 is 4.74 Å². The van der Waals surface area contributed by atoms with E-state index in [4.69, 9.17) is 14.5 Å². The summed E-state index contributed by atoms with van der Waals surface area (Å²) in [6, 6.07) is 24.4. The van der Waals surface area contributed by atoms with Crippen LogP contribution in [-0.2, 0) is 14.8 Å². The van der Waals surface area contributed by atoms with Crippen molar-refractivity contribution >= 4 is 37.8 Å². The van der Waals surface area contributed by atoms with E-state index in [-0.39, 0.29) is 27.5 Å². The number of rotatable bonds is 5. The Bertz CT molecular complexity index is 1670. The lowest BCUT2D eigenvalue weighted by Gasteiger charge is -2.14. The zero-order valence-corrected chi connectivity index (χ0v) is 19.2. The SMILES string of the molecule is COC(=O)c1ccc2nc(-c3cccc4ccccc34)n(S(=O)(=O)c3ccccc3OC)c2c1. The first-order valence-corrected chi connectivity index (χ1v) is 11.9. The van der Waals surface area contributed by atoms with E-state index in [1.54, 1.807) is 30.3 Å². The zero-order chi connectivity index (χ0) is 23.9. The normalized spacial score (nSPS) is 11.6. The lowest BCUT2D eigenvalue weighted by Crippen LogP contribution is -2.16. The highest BCUT2D eigenvalue weighted by Gasteiger charge is 2.29. The van der Waals surface area contributed by atoms with Gasteiger partial charge in [-0.05, 0) is 41.1 Å². The minimum absolute atomic E-state index is 0.0123. The number of benzene rings is 4. The number of ether oxygens (including phenoxy) is 2. The molecule has 7 nitrogen and oxygen atoms in total. The summed E-state index contributed by atoms with van der Waals surface area (Å²) in [6.07, 6.45) is 0. The van der Waals surface area contributed by atoms with Crippen molar-refractivity contribution in [3.63, 3.8) is 0 Å². The van der Waals surface area contributed by atoms with Gasteiger partial charge in [-0.2, -0.15) is 0 Å². The largest absolute Gasteiger partial charge is 0.495 e. The van der Waals surface area contributed by atoms with E-state index in [1.165, 1.54) is 30.3 Å². The monoisotopic (exact) mass is 472 g/mol. The van der Waals surface area contributed by atoms with Crippen molar-refractivity contribution in [1.82, 2.24) is 8.96 Å². The van der Waals surface area contributed by atoms with Crippen LogP contribution in [0.1, 0.15) is 10.4 Å². The van der Waals surface area contributed by atoms with Gasteiger partial charge in [-0.15, -0.1) is 0 Å². The molecule has 0 fully saturated rings. The Morgan fingerprint density at radius 3 is 2.41 bits per heavy atom. The Hall–Kier alpha value is -4.17. The molecule has 34 heavy (non-hydrogen) atoms. The predicted octanol–water partition coefficient (Wildman–Crippen LogP) is 4.89. The second-order valence-electron chi connectivity index (χ2n) is 7.58. The van der Waals surface area contributed by atoms with Crippen LogP contribution >= 0.6 is 0 Å². The van der Waals surface area contributed by atoms with E-state index in [0.29, 0.717) is 11.1 Å². The third kappa shape index (κ3) is 3.39. The average Bonchev–Trinajstić information content (AvgIpc) is 3.27.